The van der Waals surface area contributed by atoms with Crippen LogP contribution in [-0.4, -0.2) is 17.6 Å². The topological polar surface area (TPSA) is 65.2 Å². The first kappa shape index (κ1) is 11.5. The fraction of sp³-hybridized carbons (Fsp3) is 0.455. The lowest BCUT2D eigenvalue weighted by Gasteiger charge is -2.03. The number of unbranched alkanes of at least 4 members (excludes halogenated alkanes) is 2. The first-order valence-corrected chi connectivity index (χ1v) is 5.12. The van der Waals surface area contributed by atoms with Gasteiger partial charge in [-0.3, -0.25) is 0 Å². The molecule has 1 aromatic rings. The van der Waals surface area contributed by atoms with Crippen molar-refractivity contribution in [2.24, 2.45) is 0 Å². The lowest BCUT2D eigenvalue weighted by molar-refractivity contribution is 0.0491. The van der Waals surface area contributed by atoms with Crippen molar-refractivity contribution in [3.8, 4) is 0 Å². The molecule has 0 fully saturated rings. The summed E-state index contributed by atoms with van der Waals surface area (Å²) >= 11 is 0. The van der Waals surface area contributed by atoms with Gasteiger partial charge >= 0.3 is 5.97 Å². The third-order valence-electron chi connectivity index (χ3n) is 1.98. The van der Waals surface area contributed by atoms with Crippen LogP contribution in [0.15, 0.2) is 18.3 Å². The molecule has 2 N–H and O–H groups in total. The highest BCUT2D eigenvalue weighted by Gasteiger charge is 2.07. The van der Waals surface area contributed by atoms with Crippen LogP contribution >= 0.6 is 0 Å². The van der Waals surface area contributed by atoms with Crippen molar-refractivity contribution in [3.05, 3.63) is 24.0 Å². The lowest BCUT2D eigenvalue weighted by atomic mass is 10.3. The van der Waals surface area contributed by atoms with E-state index in [0.29, 0.717) is 18.0 Å². The summed E-state index contributed by atoms with van der Waals surface area (Å²) in [4.78, 5) is 15.3. The molecule has 4 heteroatoms. The minimum absolute atomic E-state index is 0.306. The highest BCUT2D eigenvalue weighted by atomic mass is 16.5. The van der Waals surface area contributed by atoms with Gasteiger partial charge in [-0.15, -0.1) is 0 Å². The first-order chi connectivity index (χ1) is 7.24. The van der Waals surface area contributed by atoms with Gasteiger partial charge in [-0.25, -0.2) is 9.78 Å². The Morgan fingerprint density at radius 1 is 1.47 bits per heavy atom. The molecule has 1 rings (SSSR count). The normalized spacial score (nSPS) is 9.93. The standard InChI is InChI=1S/C11H16N2O2/c1-2-3-4-7-15-11(14)10-6-5-9(12)8-13-10/h5-6,8H,2-4,7,12H2,1H3. The van der Waals surface area contributed by atoms with E-state index in [1.54, 1.807) is 12.1 Å². The average molecular weight is 208 g/mol. The van der Waals surface area contributed by atoms with Gasteiger partial charge in [0.1, 0.15) is 5.69 Å². The van der Waals surface area contributed by atoms with Gasteiger partial charge in [-0.2, -0.15) is 0 Å². The predicted octanol–water partition coefficient (Wildman–Crippen LogP) is 2.01. The Morgan fingerprint density at radius 3 is 2.87 bits per heavy atom. The van der Waals surface area contributed by atoms with E-state index < -0.39 is 0 Å². The molecule has 0 aliphatic rings. The van der Waals surface area contributed by atoms with Gasteiger partial charge in [-0.1, -0.05) is 19.8 Å². The number of anilines is 1. The quantitative estimate of drug-likeness (QED) is 0.593. The van der Waals surface area contributed by atoms with Crippen LogP contribution in [0.1, 0.15) is 36.7 Å². The van der Waals surface area contributed by atoms with Crippen molar-refractivity contribution in [2.75, 3.05) is 12.3 Å². The largest absolute Gasteiger partial charge is 0.461 e. The minimum Gasteiger partial charge on any atom is -0.461 e. The van der Waals surface area contributed by atoms with Gasteiger partial charge in [0.2, 0.25) is 0 Å². The maximum atomic E-state index is 11.4. The molecular formula is C11H16N2O2. The van der Waals surface area contributed by atoms with Crippen molar-refractivity contribution in [2.45, 2.75) is 26.2 Å². The second kappa shape index (κ2) is 6.01. The SMILES string of the molecule is CCCCCOC(=O)c1ccc(N)cn1. The van der Waals surface area contributed by atoms with Crippen LogP contribution < -0.4 is 5.73 Å². The molecule has 0 amide bonds. The molecular weight excluding hydrogens is 192 g/mol. The Balaban J connectivity index is 2.37. The number of nitrogen functional groups attached to an aromatic ring is 1. The Bertz CT molecular complexity index is 309. The van der Waals surface area contributed by atoms with E-state index in [1.807, 2.05) is 0 Å². The number of carbonyl (C=O) groups is 1. The van der Waals surface area contributed by atoms with E-state index in [1.165, 1.54) is 6.20 Å². The number of rotatable bonds is 5. The van der Waals surface area contributed by atoms with Crippen LogP contribution in [0.4, 0.5) is 5.69 Å². The first-order valence-electron chi connectivity index (χ1n) is 5.12. The van der Waals surface area contributed by atoms with Crippen molar-refractivity contribution in [1.29, 1.82) is 0 Å². The van der Waals surface area contributed by atoms with E-state index in [2.05, 4.69) is 11.9 Å². The van der Waals surface area contributed by atoms with Gasteiger partial charge in [0.25, 0.3) is 0 Å². The van der Waals surface area contributed by atoms with Crippen molar-refractivity contribution in [3.63, 3.8) is 0 Å². The molecule has 0 spiro atoms. The van der Waals surface area contributed by atoms with Crippen LogP contribution in [0.3, 0.4) is 0 Å². The Hall–Kier alpha value is -1.58. The average Bonchev–Trinajstić information content (AvgIpc) is 2.25. The Morgan fingerprint density at radius 2 is 2.27 bits per heavy atom. The van der Waals surface area contributed by atoms with Crippen molar-refractivity contribution >= 4 is 11.7 Å². The Kier molecular flexibility index (Phi) is 4.60. The number of aromatic nitrogens is 1. The molecule has 4 nitrogen and oxygen atoms in total. The zero-order valence-corrected chi connectivity index (χ0v) is 8.90. The number of pyridine rings is 1. The van der Waals surface area contributed by atoms with Gasteiger partial charge in [0.05, 0.1) is 18.5 Å². The maximum Gasteiger partial charge on any atom is 0.356 e. The summed E-state index contributed by atoms with van der Waals surface area (Å²) in [5.41, 5.74) is 6.30. The zero-order chi connectivity index (χ0) is 11.1. The van der Waals surface area contributed by atoms with Crippen LogP contribution in [0, 0.1) is 0 Å². The van der Waals surface area contributed by atoms with E-state index in [0.717, 1.165) is 19.3 Å². The predicted molar refractivity (Wildman–Crippen MR) is 58.5 cm³/mol. The number of nitrogens with zero attached hydrogens (tertiary/aromatic N) is 1. The number of carbonyl (C=O) groups excluding carboxylic acids is 1. The molecule has 0 aromatic carbocycles. The second-order valence-corrected chi connectivity index (χ2v) is 3.32. The molecule has 0 bridgehead atoms. The second-order valence-electron chi connectivity index (χ2n) is 3.32. The number of hydrogen-bond donors (Lipinski definition) is 1. The summed E-state index contributed by atoms with van der Waals surface area (Å²) < 4.78 is 5.03. The molecule has 0 atom stereocenters. The highest BCUT2D eigenvalue weighted by Crippen LogP contribution is 2.03. The molecule has 1 heterocycles. The molecule has 0 radical (unpaired) electrons. The van der Waals surface area contributed by atoms with Crippen LogP contribution in [0.25, 0.3) is 0 Å². The fourth-order valence-corrected chi connectivity index (χ4v) is 1.12. The monoisotopic (exact) mass is 208 g/mol. The molecule has 0 unspecified atom stereocenters. The molecule has 1 aromatic heterocycles. The Labute approximate surface area is 89.5 Å². The zero-order valence-electron chi connectivity index (χ0n) is 8.90. The number of ether oxygens (including phenoxy) is 1. The van der Waals surface area contributed by atoms with Gasteiger partial charge in [0.15, 0.2) is 0 Å². The smallest absolute Gasteiger partial charge is 0.356 e. The molecule has 0 saturated carbocycles. The summed E-state index contributed by atoms with van der Waals surface area (Å²) in [6.07, 6.45) is 4.53. The third-order valence-corrected chi connectivity index (χ3v) is 1.98. The third kappa shape index (κ3) is 3.97. The van der Waals surface area contributed by atoms with E-state index in [9.17, 15) is 4.79 Å². The molecule has 0 saturated heterocycles. The fourth-order valence-electron chi connectivity index (χ4n) is 1.12. The van der Waals surface area contributed by atoms with Gasteiger partial charge < -0.3 is 10.5 Å². The highest BCUT2D eigenvalue weighted by molar-refractivity contribution is 5.87. The van der Waals surface area contributed by atoms with Gasteiger partial charge in [0, 0.05) is 0 Å². The molecule has 15 heavy (non-hydrogen) atoms. The van der Waals surface area contributed by atoms with Gasteiger partial charge in [-0.05, 0) is 18.6 Å². The lowest BCUT2D eigenvalue weighted by Crippen LogP contribution is -2.08. The molecule has 0 aliphatic carbocycles. The summed E-state index contributed by atoms with van der Waals surface area (Å²) in [6, 6.07) is 3.20. The number of hydrogen-bond acceptors (Lipinski definition) is 4. The maximum absolute atomic E-state index is 11.4. The minimum atomic E-state index is -0.383. The summed E-state index contributed by atoms with van der Waals surface area (Å²) in [5.74, 6) is -0.383. The number of esters is 1. The van der Waals surface area contributed by atoms with Crippen LogP contribution in [-0.2, 0) is 4.74 Å². The molecule has 0 aliphatic heterocycles. The summed E-state index contributed by atoms with van der Waals surface area (Å²) in [6.45, 7) is 2.56. The summed E-state index contributed by atoms with van der Waals surface area (Å²) in [7, 11) is 0. The van der Waals surface area contributed by atoms with Crippen LogP contribution in [0.5, 0.6) is 0 Å². The summed E-state index contributed by atoms with van der Waals surface area (Å²) in [5, 5.41) is 0. The van der Waals surface area contributed by atoms with Crippen molar-refractivity contribution < 1.29 is 9.53 Å². The molecule has 82 valence electrons. The van der Waals surface area contributed by atoms with E-state index >= 15 is 0 Å². The van der Waals surface area contributed by atoms with Crippen LogP contribution in [0.2, 0.25) is 0 Å². The number of nitrogens with two attached hydrogens (primary N) is 1. The van der Waals surface area contributed by atoms with E-state index in [-0.39, 0.29) is 5.97 Å². The van der Waals surface area contributed by atoms with E-state index in [4.69, 9.17) is 10.5 Å². The van der Waals surface area contributed by atoms with Crippen molar-refractivity contribution in [1.82, 2.24) is 4.98 Å².